The molecule has 34 heavy (non-hydrogen) atoms. The Balaban J connectivity index is 1.81. The van der Waals surface area contributed by atoms with Crippen molar-refractivity contribution in [3.63, 3.8) is 0 Å². The number of nitrogens with zero attached hydrogens (tertiary/aromatic N) is 3. The number of rotatable bonds is 11. The molecule has 1 saturated carbocycles. The van der Waals surface area contributed by atoms with Gasteiger partial charge < -0.3 is 16.0 Å². The Morgan fingerprint density at radius 2 is 1.88 bits per heavy atom. The number of benzene rings is 1. The molecule has 9 heteroatoms. The summed E-state index contributed by atoms with van der Waals surface area (Å²) in [5, 5.41) is 10.4. The Labute approximate surface area is 201 Å². The minimum absolute atomic E-state index is 0.131. The first-order valence-electron chi connectivity index (χ1n) is 12.5. The molecule has 1 unspecified atom stereocenters. The molecular weight excluding hydrogens is 433 g/mol. The van der Waals surface area contributed by atoms with E-state index in [1.165, 1.54) is 12.6 Å². The van der Waals surface area contributed by atoms with Crippen molar-refractivity contribution in [2.75, 3.05) is 28.7 Å². The summed E-state index contributed by atoms with van der Waals surface area (Å²) in [4.78, 5) is 20.9. The Morgan fingerprint density at radius 1 is 1.15 bits per heavy atom. The molecule has 0 radical (unpaired) electrons. The van der Waals surface area contributed by atoms with Crippen molar-refractivity contribution in [1.82, 2.24) is 15.3 Å². The monoisotopic (exact) mass is 471 g/mol. The van der Waals surface area contributed by atoms with Crippen LogP contribution in [0, 0.1) is 0 Å². The summed E-state index contributed by atoms with van der Waals surface area (Å²) in [5.41, 5.74) is 1.39. The maximum absolute atomic E-state index is 15.8. The topological polar surface area (TPSA) is 108 Å². The van der Waals surface area contributed by atoms with Gasteiger partial charge >= 0.3 is 6.03 Å². The number of hydrogen-bond acceptors (Lipinski definition) is 6. The van der Waals surface area contributed by atoms with E-state index in [4.69, 9.17) is 5.84 Å². The molecule has 1 aliphatic rings. The number of hydrazine groups is 1. The predicted molar refractivity (Wildman–Crippen MR) is 136 cm³/mol. The SMILES string of the molecule is CCCCNc1ncc(C(F)c2ccc(NC(=O)NCCC)cc2)c(N(N)C2CCCCC2)n1. The second-order valence-electron chi connectivity index (χ2n) is 8.82. The van der Waals surface area contributed by atoms with Gasteiger partial charge in [-0.25, -0.2) is 20.0 Å². The Morgan fingerprint density at radius 3 is 2.56 bits per heavy atom. The molecule has 0 aliphatic heterocycles. The van der Waals surface area contributed by atoms with E-state index in [0.29, 0.717) is 35.1 Å². The molecule has 2 aromatic rings. The van der Waals surface area contributed by atoms with Crippen molar-refractivity contribution in [3.05, 3.63) is 41.6 Å². The van der Waals surface area contributed by atoms with E-state index in [9.17, 15) is 4.79 Å². The molecule has 5 N–H and O–H groups in total. The quantitative estimate of drug-likeness (QED) is 0.201. The fraction of sp³-hybridized carbons (Fsp3) is 0.560. The fourth-order valence-corrected chi connectivity index (χ4v) is 4.09. The van der Waals surface area contributed by atoms with E-state index in [1.54, 1.807) is 29.3 Å². The first-order valence-corrected chi connectivity index (χ1v) is 12.5. The van der Waals surface area contributed by atoms with Crippen LogP contribution in [0.2, 0.25) is 0 Å². The molecule has 186 valence electrons. The molecular formula is C25H38FN7O. The van der Waals surface area contributed by atoms with Crippen molar-refractivity contribution in [2.24, 2.45) is 5.84 Å². The first-order chi connectivity index (χ1) is 16.5. The summed E-state index contributed by atoms with van der Waals surface area (Å²) < 4.78 is 15.8. The first kappa shape index (κ1) is 25.7. The number of anilines is 3. The highest BCUT2D eigenvalue weighted by Gasteiger charge is 2.27. The van der Waals surface area contributed by atoms with Crippen LogP contribution < -0.4 is 26.8 Å². The summed E-state index contributed by atoms with van der Waals surface area (Å²) in [6.07, 6.45) is 8.36. The summed E-state index contributed by atoms with van der Waals surface area (Å²) in [5.74, 6) is 7.41. The second kappa shape index (κ2) is 13.1. The molecule has 2 amide bonds. The van der Waals surface area contributed by atoms with Gasteiger partial charge in [-0.2, -0.15) is 4.98 Å². The number of unbranched alkanes of at least 4 members (excludes halogenated alkanes) is 1. The highest BCUT2D eigenvalue weighted by Crippen LogP contribution is 2.34. The minimum Gasteiger partial charge on any atom is -0.354 e. The summed E-state index contributed by atoms with van der Waals surface area (Å²) >= 11 is 0. The average Bonchev–Trinajstić information content (AvgIpc) is 2.87. The number of hydrogen-bond donors (Lipinski definition) is 4. The molecule has 0 saturated heterocycles. The number of halogens is 1. The van der Waals surface area contributed by atoms with Gasteiger partial charge in [0.05, 0.1) is 5.56 Å². The number of alkyl halides is 1. The second-order valence-corrected chi connectivity index (χ2v) is 8.82. The van der Waals surface area contributed by atoms with Crippen molar-refractivity contribution in [1.29, 1.82) is 0 Å². The third-order valence-electron chi connectivity index (χ3n) is 6.09. The molecule has 1 fully saturated rings. The van der Waals surface area contributed by atoms with Crippen LogP contribution in [0.15, 0.2) is 30.5 Å². The molecule has 8 nitrogen and oxygen atoms in total. The molecule has 1 aromatic carbocycles. The number of amides is 2. The average molecular weight is 472 g/mol. The van der Waals surface area contributed by atoms with Gasteiger partial charge in [0.1, 0.15) is 0 Å². The molecule has 1 atom stereocenters. The Hall–Kier alpha value is -2.94. The van der Waals surface area contributed by atoms with Crippen molar-refractivity contribution in [3.8, 4) is 0 Å². The largest absolute Gasteiger partial charge is 0.354 e. The number of carbonyl (C=O) groups is 1. The van der Waals surface area contributed by atoms with E-state index in [-0.39, 0.29) is 12.1 Å². The number of urea groups is 1. The van der Waals surface area contributed by atoms with Crippen LogP contribution in [-0.4, -0.2) is 35.1 Å². The minimum atomic E-state index is -1.45. The van der Waals surface area contributed by atoms with Gasteiger partial charge in [-0.15, -0.1) is 0 Å². The van der Waals surface area contributed by atoms with Gasteiger partial charge in [-0.1, -0.05) is 51.7 Å². The zero-order valence-electron chi connectivity index (χ0n) is 20.3. The van der Waals surface area contributed by atoms with Crippen LogP contribution in [0.1, 0.15) is 82.5 Å². The molecule has 0 spiro atoms. The summed E-state index contributed by atoms with van der Waals surface area (Å²) in [7, 11) is 0. The highest BCUT2D eigenvalue weighted by atomic mass is 19.1. The number of nitrogens with one attached hydrogen (secondary N) is 3. The Kier molecular flexibility index (Phi) is 9.88. The van der Waals surface area contributed by atoms with Gasteiger partial charge in [0.15, 0.2) is 12.0 Å². The highest BCUT2D eigenvalue weighted by molar-refractivity contribution is 5.89. The van der Waals surface area contributed by atoms with Gasteiger partial charge in [0.25, 0.3) is 0 Å². The fourth-order valence-electron chi connectivity index (χ4n) is 4.09. The summed E-state index contributed by atoms with van der Waals surface area (Å²) in [6, 6.07) is 6.56. The zero-order valence-corrected chi connectivity index (χ0v) is 20.3. The zero-order chi connectivity index (χ0) is 24.3. The van der Waals surface area contributed by atoms with Crippen molar-refractivity contribution < 1.29 is 9.18 Å². The smallest absolute Gasteiger partial charge is 0.319 e. The van der Waals surface area contributed by atoms with E-state index < -0.39 is 6.17 Å². The maximum Gasteiger partial charge on any atom is 0.319 e. The number of aromatic nitrogens is 2. The summed E-state index contributed by atoms with van der Waals surface area (Å²) in [6.45, 7) is 5.45. The van der Waals surface area contributed by atoms with Crippen molar-refractivity contribution >= 4 is 23.5 Å². The lowest BCUT2D eigenvalue weighted by Crippen LogP contribution is -2.43. The standard InChI is InChI=1S/C25H38FN7O/c1-3-5-16-28-24-30-17-21(23(32-24)33(27)20-9-7-6-8-10-20)22(26)18-11-13-19(14-12-18)31-25(34)29-15-4-2/h11-14,17,20,22H,3-10,15-16,27H2,1-2H3,(H,28,30,32)(H2,29,31,34). The number of carbonyl (C=O) groups excluding carboxylic acids is 1. The van der Waals surface area contributed by atoms with Crippen LogP contribution in [0.5, 0.6) is 0 Å². The van der Waals surface area contributed by atoms with Crippen LogP contribution >= 0.6 is 0 Å². The van der Waals surface area contributed by atoms with Crippen LogP contribution in [0.25, 0.3) is 0 Å². The van der Waals surface area contributed by atoms with Crippen LogP contribution in [0.3, 0.4) is 0 Å². The van der Waals surface area contributed by atoms with Gasteiger partial charge in [0.2, 0.25) is 5.95 Å². The van der Waals surface area contributed by atoms with E-state index >= 15 is 4.39 Å². The van der Waals surface area contributed by atoms with E-state index in [0.717, 1.165) is 51.5 Å². The van der Waals surface area contributed by atoms with E-state index in [2.05, 4.69) is 32.8 Å². The molecule has 0 bridgehead atoms. The third kappa shape index (κ3) is 7.03. The Bertz CT molecular complexity index is 903. The maximum atomic E-state index is 15.8. The normalized spacial score (nSPS) is 14.9. The lowest BCUT2D eigenvalue weighted by molar-refractivity contribution is 0.252. The molecule has 1 aliphatic carbocycles. The molecule has 1 aromatic heterocycles. The van der Waals surface area contributed by atoms with Crippen LogP contribution in [-0.2, 0) is 0 Å². The van der Waals surface area contributed by atoms with Crippen LogP contribution in [0.4, 0.5) is 26.6 Å². The molecule has 3 rings (SSSR count). The van der Waals surface area contributed by atoms with Crippen molar-refractivity contribution in [2.45, 2.75) is 77.4 Å². The predicted octanol–water partition coefficient (Wildman–Crippen LogP) is 5.29. The lowest BCUT2D eigenvalue weighted by Gasteiger charge is -2.33. The van der Waals surface area contributed by atoms with Gasteiger partial charge in [-0.3, -0.25) is 5.01 Å². The third-order valence-corrected chi connectivity index (χ3v) is 6.09. The van der Waals surface area contributed by atoms with Gasteiger partial charge in [0, 0.05) is 31.0 Å². The lowest BCUT2D eigenvalue weighted by atomic mass is 9.94. The van der Waals surface area contributed by atoms with Gasteiger partial charge in [-0.05, 0) is 43.4 Å². The number of nitrogens with two attached hydrogens (primary N) is 1. The van der Waals surface area contributed by atoms with E-state index in [1.807, 2.05) is 6.92 Å². The molecule has 1 heterocycles.